The van der Waals surface area contributed by atoms with E-state index in [0.717, 1.165) is 25.8 Å². The van der Waals surface area contributed by atoms with Crippen molar-refractivity contribution in [1.29, 1.82) is 0 Å². The highest BCUT2D eigenvalue weighted by Gasteiger charge is 1.97. The van der Waals surface area contributed by atoms with Crippen LogP contribution in [0.15, 0.2) is 0 Å². The van der Waals surface area contributed by atoms with E-state index in [9.17, 15) is 0 Å². The van der Waals surface area contributed by atoms with Gasteiger partial charge in [-0.1, -0.05) is 6.42 Å². The highest BCUT2D eigenvalue weighted by molar-refractivity contribution is 4.57. The molecular weight excluding hydrogens is 116 g/mol. The molecule has 0 aromatic heterocycles. The van der Waals surface area contributed by atoms with Crippen molar-refractivity contribution in [3.05, 3.63) is 0 Å². The van der Waals surface area contributed by atoms with Gasteiger partial charge in [0, 0.05) is 6.04 Å². The number of rotatable bonds is 5. The maximum Gasteiger partial charge on any atom is 0.0582 e. The summed E-state index contributed by atoms with van der Waals surface area (Å²) in [6, 6.07) is -0.0449. The minimum Gasteiger partial charge on any atom is -0.395 e. The zero-order chi connectivity index (χ0) is 7.11. The normalized spacial score (nSPS) is 13.7. The first-order valence-corrected chi connectivity index (χ1v) is 3.37. The third-order valence-electron chi connectivity index (χ3n) is 1.26. The number of hydrogen-bond donors (Lipinski definition) is 3. The van der Waals surface area contributed by atoms with E-state index in [1.165, 1.54) is 0 Å². The summed E-state index contributed by atoms with van der Waals surface area (Å²) in [6.45, 7) is 0.808. The summed E-state index contributed by atoms with van der Waals surface area (Å²) >= 11 is 0. The van der Waals surface area contributed by atoms with Gasteiger partial charge >= 0.3 is 0 Å². The summed E-state index contributed by atoms with van der Waals surface area (Å²) in [5.74, 6) is 0. The second kappa shape index (κ2) is 6.01. The second-order valence-electron chi connectivity index (χ2n) is 2.23. The van der Waals surface area contributed by atoms with E-state index in [1.54, 1.807) is 0 Å². The average molecular weight is 132 g/mol. The van der Waals surface area contributed by atoms with Gasteiger partial charge in [0.15, 0.2) is 0 Å². The van der Waals surface area contributed by atoms with Gasteiger partial charge in [-0.25, -0.2) is 0 Å². The Hall–Kier alpha value is -0.120. The van der Waals surface area contributed by atoms with Crippen LogP contribution in [-0.4, -0.2) is 24.3 Å². The van der Waals surface area contributed by atoms with Crippen LogP contribution in [-0.2, 0) is 0 Å². The van der Waals surface area contributed by atoms with Crippen LogP contribution in [0.2, 0.25) is 0 Å². The van der Waals surface area contributed by atoms with Crippen LogP contribution in [0.25, 0.3) is 0 Å². The molecule has 0 spiro atoms. The molecular formula is C6H16N2O. The minimum absolute atomic E-state index is 0.0449. The van der Waals surface area contributed by atoms with Gasteiger partial charge in [-0.3, -0.25) is 0 Å². The fourth-order valence-corrected chi connectivity index (χ4v) is 0.642. The largest absolute Gasteiger partial charge is 0.395 e. The molecule has 0 aromatic carbocycles. The van der Waals surface area contributed by atoms with E-state index in [1.807, 2.05) is 0 Å². The van der Waals surface area contributed by atoms with E-state index < -0.39 is 0 Å². The summed E-state index contributed by atoms with van der Waals surface area (Å²) in [4.78, 5) is 0. The lowest BCUT2D eigenvalue weighted by molar-refractivity contribution is 0.258. The van der Waals surface area contributed by atoms with Crippen LogP contribution < -0.4 is 11.5 Å². The molecule has 0 amide bonds. The van der Waals surface area contributed by atoms with Gasteiger partial charge in [0.2, 0.25) is 0 Å². The molecule has 3 nitrogen and oxygen atoms in total. The summed E-state index contributed by atoms with van der Waals surface area (Å²) in [7, 11) is 0. The van der Waals surface area contributed by atoms with Gasteiger partial charge in [0.25, 0.3) is 0 Å². The zero-order valence-electron chi connectivity index (χ0n) is 5.71. The Bertz CT molecular complexity index is 59.0. The molecule has 0 rings (SSSR count). The molecule has 9 heavy (non-hydrogen) atoms. The van der Waals surface area contributed by atoms with Crippen LogP contribution in [0.4, 0.5) is 0 Å². The van der Waals surface area contributed by atoms with E-state index in [2.05, 4.69) is 0 Å². The number of aliphatic hydroxyl groups excluding tert-OH is 1. The highest BCUT2D eigenvalue weighted by Crippen LogP contribution is 1.95. The highest BCUT2D eigenvalue weighted by atomic mass is 16.3. The molecule has 0 aliphatic rings. The molecule has 0 aliphatic heterocycles. The van der Waals surface area contributed by atoms with E-state index >= 15 is 0 Å². The monoisotopic (exact) mass is 132 g/mol. The molecule has 0 aromatic rings. The fourth-order valence-electron chi connectivity index (χ4n) is 0.642. The SMILES string of the molecule is NCCCC[C@H](N)CO. The second-order valence-corrected chi connectivity index (χ2v) is 2.23. The van der Waals surface area contributed by atoms with Crippen LogP contribution in [0.1, 0.15) is 19.3 Å². The van der Waals surface area contributed by atoms with Gasteiger partial charge in [-0.2, -0.15) is 0 Å². The lowest BCUT2D eigenvalue weighted by atomic mass is 10.1. The van der Waals surface area contributed by atoms with Crippen molar-refractivity contribution in [2.45, 2.75) is 25.3 Å². The van der Waals surface area contributed by atoms with Gasteiger partial charge in [0.1, 0.15) is 0 Å². The summed E-state index contributed by atoms with van der Waals surface area (Å²) in [5.41, 5.74) is 10.7. The molecule has 0 aliphatic carbocycles. The van der Waals surface area contributed by atoms with Crippen molar-refractivity contribution in [3.63, 3.8) is 0 Å². The molecule has 1 atom stereocenters. The van der Waals surface area contributed by atoms with Crippen LogP contribution >= 0.6 is 0 Å². The van der Waals surface area contributed by atoms with Gasteiger partial charge in [-0.05, 0) is 19.4 Å². The maximum atomic E-state index is 8.48. The zero-order valence-corrected chi connectivity index (χ0v) is 5.71. The topological polar surface area (TPSA) is 72.3 Å². The van der Waals surface area contributed by atoms with Crippen molar-refractivity contribution in [2.75, 3.05) is 13.2 Å². The molecule has 0 saturated heterocycles. The molecule has 5 N–H and O–H groups in total. The number of aliphatic hydroxyl groups is 1. The molecule has 0 unspecified atom stereocenters. The Morgan fingerprint density at radius 2 is 2.00 bits per heavy atom. The third kappa shape index (κ3) is 5.76. The number of nitrogens with two attached hydrogens (primary N) is 2. The van der Waals surface area contributed by atoms with E-state index in [4.69, 9.17) is 16.6 Å². The average Bonchev–Trinajstić information content (AvgIpc) is 1.89. The molecule has 3 heteroatoms. The Kier molecular flexibility index (Phi) is 5.93. The lowest BCUT2D eigenvalue weighted by Crippen LogP contribution is -2.24. The molecule has 0 saturated carbocycles. The van der Waals surface area contributed by atoms with Gasteiger partial charge < -0.3 is 16.6 Å². The molecule has 0 radical (unpaired) electrons. The van der Waals surface area contributed by atoms with Crippen molar-refractivity contribution in [3.8, 4) is 0 Å². The van der Waals surface area contributed by atoms with Crippen molar-refractivity contribution < 1.29 is 5.11 Å². The van der Waals surface area contributed by atoms with Crippen molar-refractivity contribution in [1.82, 2.24) is 0 Å². The first-order chi connectivity index (χ1) is 4.31. The Morgan fingerprint density at radius 3 is 2.44 bits per heavy atom. The maximum absolute atomic E-state index is 8.48. The first kappa shape index (κ1) is 8.88. The smallest absolute Gasteiger partial charge is 0.0582 e. The van der Waals surface area contributed by atoms with Crippen LogP contribution in [0.5, 0.6) is 0 Å². The standard InChI is InChI=1S/C6H16N2O/c7-4-2-1-3-6(8)5-9/h6,9H,1-5,7-8H2/t6-/m0/s1. The van der Waals surface area contributed by atoms with E-state index in [-0.39, 0.29) is 12.6 Å². The Morgan fingerprint density at radius 1 is 1.33 bits per heavy atom. The van der Waals surface area contributed by atoms with Gasteiger partial charge in [0.05, 0.1) is 6.61 Å². The quantitative estimate of drug-likeness (QED) is 0.439. The van der Waals surface area contributed by atoms with E-state index in [0.29, 0.717) is 0 Å². The van der Waals surface area contributed by atoms with Crippen LogP contribution in [0.3, 0.4) is 0 Å². The lowest BCUT2D eigenvalue weighted by Gasteiger charge is -2.05. The van der Waals surface area contributed by atoms with Crippen molar-refractivity contribution in [2.24, 2.45) is 11.5 Å². The summed E-state index contributed by atoms with van der Waals surface area (Å²) in [6.07, 6.45) is 2.92. The Labute approximate surface area is 56.0 Å². The van der Waals surface area contributed by atoms with Crippen LogP contribution in [0, 0.1) is 0 Å². The fraction of sp³-hybridized carbons (Fsp3) is 1.00. The summed E-state index contributed by atoms with van der Waals surface area (Å²) < 4.78 is 0. The minimum atomic E-state index is -0.0449. The predicted octanol–water partition coefficient (Wildman–Crippen LogP) is -0.565. The first-order valence-electron chi connectivity index (χ1n) is 3.37. The molecule has 0 bridgehead atoms. The molecule has 0 fully saturated rings. The predicted molar refractivity (Wildman–Crippen MR) is 38.0 cm³/mol. The Balaban J connectivity index is 2.88. The third-order valence-corrected chi connectivity index (χ3v) is 1.26. The molecule has 0 heterocycles. The van der Waals surface area contributed by atoms with Crippen molar-refractivity contribution >= 4 is 0 Å². The molecule has 56 valence electrons. The number of hydrogen-bond acceptors (Lipinski definition) is 3. The van der Waals surface area contributed by atoms with Gasteiger partial charge in [-0.15, -0.1) is 0 Å². The number of unbranched alkanes of at least 4 members (excludes halogenated alkanes) is 1. The summed E-state index contributed by atoms with van der Waals surface area (Å²) in [5, 5.41) is 8.48.